The molecule has 1 aromatic rings. The van der Waals surface area contributed by atoms with Gasteiger partial charge < -0.3 is 10.1 Å². The van der Waals surface area contributed by atoms with Gasteiger partial charge in [-0.05, 0) is 30.7 Å². The molecule has 0 heterocycles. The summed E-state index contributed by atoms with van der Waals surface area (Å²) in [5.41, 5.74) is 0.679. The van der Waals surface area contributed by atoms with Crippen molar-refractivity contribution in [1.82, 2.24) is 4.31 Å². The molecule has 0 spiro atoms. The molecule has 1 rings (SSSR count). The second-order valence-corrected chi connectivity index (χ2v) is 7.71. The number of nitrogens with one attached hydrogen (secondary N) is 1. The van der Waals surface area contributed by atoms with E-state index >= 15 is 0 Å². The molecule has 0 fully saturated rings. The van der Waals surface area contributed by atoms with E-state index in [1.165, 1.54) is 4.31 Å². The van der Waals surface area contributed by atoms with Gasteiger partial charge in [0, 0.05) is 43.4 Å². The molecule has 0 aromatic heterocycles. The Bertz CT molecular complexity index is 575. The monoisotopic (exact) mass is 392 g/mol. The van der Waals surface area contributed by atoms with E-state index in [1.54, 1.807) is 19.2 Å². The van der Waals surface area contributed by atoms with Gasteiger partial charge in [0.15, 0.2) is 0 Å². The maximum absolute atomic E-state index is 11.9. The van der Waals surface area contributed by atoms with Crippen LogP contribution in [0.5, 0.6) is 0 Å². The Morgan fingerprint density at radius 1 is 1.27 bits per heavy atom. The van der Waals surface area contributed by atoms with Crippen LogP contribution >= 0.6 is 15.9 Å². The van der Waals surface area contributed by atoms with Crippen molar-refractivity contribution >= 4 is 37.5 Å². The minimum atomic E-state index is -3.33. The molecule has 22 heavy (non-hydrogen) atoms. The van der Waals surface area contributed by atoms with E-state index in [-0.39, 0.29) is 18.9 Å². The van der Waals surface area contributed by atoms with Crippen molar-refractivity contribution in [3.8, 4) is 0 Å². The SMILES string of the molecule is COCCCN(CCC(=O)Nc1ccc(Br)cc1)S(C)(=O)=O. The fraction of sp³-hybridized carbons (Fsp3) is 0.500. The lowest BCUT2D eigenvalue weighted by Gasteiger charge is -2.19. The van der Waals surface area contributed by atoms with Crippen LogP contribution in [0.4, 0.5) is 5.69 Å². The first kappa shape index (κ1) is 19.1. The van der Waals surface area contributed by atoms with Crippen LogP contribution in [0.15, 0.2) is 28.7 Å². The van der Waals surface area contributed by atoms with Gasteiger partial charge in [-0.25, -0.2) is 12.7 Å². The molecular formula is C14H21BrN2O4S. The van der Waals surface area contributed by atoms with E-state index < -0.39 is 10.0 Å². The fourth-order valence-electron chi connectivity index (χ4n) is 1.81. The summed E-state index contributed by atoms with van der Waals surface area (Å²) in [6.07, 6.45) is 1.85. The quantitative estimate of drug-likeness (QED) is 0.652. The summed E-state index contributed by atoms with van der Waals surface area (Å²) >= 11 is 3.32. The summed E-state index contributed by atoms with van der Waals surface area (Å²) in [7, 11) is -1.76. The summed E-state index contributed by atoms with van der Waals surface area (Å²) in [5.74, 6) is -0.220. The first-order valence-corrected chi connectivity index (χ1v) is 9.46. The number of rotatable bonds is 9. The number of anilines is 1. The molecular weight excluding hydrogens is 372 g/mol. The molecule has 1 aromatic carbocycles. The van der Waals surface area contributed by atoms with Gasteiger partial charge >= 0.3 is 0 Å². The normalized spacial score (nSPS) is 11.6. The Hall–Kier alpha value is -0.960. The van der Waals surface area contributed by atoms with Crippen molar-refractivity contribution in [3.05, 3.63) is 28.7 Å². The largest absolute Gasteiger partial charge is 0.385 e. The van der Waals surface area contributed by atoms with Crippen molar-refractivity contribution in [2.45, 2.75) is 12.8 Å². The molecule has 0 unspecified atom stereocenters. The fourth-order valence-corrected chi connectivity index (χ4v) is 2.96. The van der Waals surface area contributed by atoms with Gasteiger partial charge in [-0.2, -0.15) is 0 Å². The second-order valence-electron chi connectivity index (χ2n) is 4.81. The summed E-state index contributed by atoms with van der Waals surface area (Å²) in [4.78, 5) is 11.9. The third kappa shape index (κ3) is 7.35. The van der Waals surface area contributed by atoms with Crippen LogP contribution in [-0.2, 0) is 19.6 Å². The van der Waals surface area contributed by atoms with Crippen molar-refractivity contribution in [1.29, 1.82) is 0 Å². The first-order chi connectivity index (χ1) is 10.3. The standard InChI is InChI=1S/C14H21BrN2O4S/c1-21-11-3-9-17(22(2,19)20)10-8-14(18)16-13-6-4-12(15)5-7-13/h4-7H,3,8-11H2,1-2H3,(H,16,18). The predicted octanol–water partition coefficient (Wildman–Crippen LogP) is 2.08. The highest BCUT2D eigenvalue weighted by Gasteiger charge is 2.17. The number of carbonyl (C=O) groups excluding carboxylic acids is 1. The molecule has 0 saturated heterocycles. The molecule has 0 aliphatic heterocycles. The number of carbonyl (C=O) groups is 1. The summed E-state index contributed by atoms with van der Waals surface area (Å²) in [6.45, 7) is 0.986. The molecule has 1 N–H and O–H groups in total. The van der Waals surface area contributed by atoms with Gasteiger partial charge in [-0.3, -0.25) is 4.79 Å². The summed E-state index contributed by atoms with van der Waals surface area (Å²) < 4.78 is 30.5. The number of halogens is 1. The van der Waals surface area contributed by atoms with E-state index in [2.05, 4.69) is 21.2 Å². The van der Waals surface area contributed by atoms with E-state index in [0.717, 1.165) is 10.7 Å². The maximum atomic E-state index is 11.9. The minimum Gasteiger partial charge on any atom is -0.385 e. The van der Waals surface area contributed by atoms with Crippen molar-refractivity contribution in [2.75, 3.05) is 38.4 Å². The molecule has 1 amide bonds. The molecule has 0 aliphatic rings. The number of benzene rings is 1. The molecule has 6 nitrogen and oxygen atoms in total. The third-order valence-corrected chi connectivity index (χ3v) is 4.77. The van der Waals surface area contributed by atoms with Gasteiger partial charge in [0.05, 0.1) is 6.26 Å². The number of hydrogen-bond acceptors (Lipinski definition) is 4. The van der Waals surface area contributed by atoms with E-state index in [0.29, 0.717) is 25.3 Å². The van der Waals surface area contributed by atoms with Crippen LogP contribution in [0.25, 0.3) is 0 Å². The number of hydrogen-bond donors (Lipinski definition) is 1. The molecule has 0 radical (unpaired) electrons. The Balaban J connectivity index is 2.49. The zero-order chi connectivity index (χ0) is 16.6. The van der Waals surface area contributed by atoms with Gasteiger partial charge in [-0.15, -0.1) is 0 Å². The van der Waals surface area contributed by atoms with E-state index in [1.807, 2.05) is 12.1 Å². The zero-order valence-corrected chi connectivity index (χ0v) is 15.1. The lowest BCUT2D eigenvalue weighted by atomic mass is 10.3. The van der Waals surface area contributed by atoms with Crippen LogP contribution < -0.4 is 5.32 Å². The Morgan fingerprint density at radius 2 is 1.91 bits per heavy atom. The number of ether oxygens (including phenoxy) is 1. The van der Waals surface area contributed by atoms with E-state index in [9.17, 15) is 13.2 Å². The third-order valence-electron chi connectivity index (χ3n) is 2.94. The van der Waals surface area contributed by atoms with Gasteiger partial charge in [-0.1, -0.05) is 15.9 Å². The minimum absolute atomic E-state index is 0.107. The Morgan fingerprint density at radius 3 is 2.45 bits per heavy atom. The van der Waals surface area contributed by atoms with E-state index in [4.69, 9.17) is 4.74 Å². The number of methoxy groups -OCH3 is 1. The molecule has 0 saturated carbocycles. The Labute approximate surface area is 140 Å². The van der Waals surface area contributed by atoms with Crippen LogP contribution in [0.3, 0.4) is 0 Å². The lowest BCUT2D eigenvalue weighted by Crippen LogP contribution is -2.34. The average Bonchev–Trinajstić information content (AvgIpc) is 2.44. The summed E-state index contributed by atoms with van der Waals surface area (Å²) in [6, 6.07) is 7.19. The van der Waals surface area contributed by atoms with Gasteiger partial charge in [0.1, 0.15) is 0 Å². The maximum Gasteiger partial charge on any atom is 0.225 e. The molecule has 0 aliphatic carbocycles. The van der Waals surface area contributed by atoms with Crippen molar-refractivity contribution in [3.63, 3.8) is 0 Å². The molecule has 124 valence electrons. The average molecular weight is 393 g/mol. The smallest absolute Gasteiger partial charge is 0.225 e. The highest BCUT2D eigenvalue weighted by Crippen LogP contribution is 2.14. The predicted molar refractivity (Wildman–Crippen MR) is 90.3 cm³/mol. The number of nitrogens with zero attached hydrogens (tertiary/aromatic N) is 1. The van der Waals surface area contributed by atoms with Crippen molar-refractivity contribution in [2.24, 2.45) is 0 Å². The molecule has 0 bridgehead atoms. The highest BCUT2D eigenvalue weighted by atomic mass is 79.9. The number of sulfonamides is 1. The van der Waals surface area contributed by atoms with Crippen LogP contribution in [0.2, 0.25) is 0 Å². The zero-order valence-electron chi connectivity index (χ0n) is 12.7. The number of amides is 1. The van der Waals surface area contributed by atoms with Crippen LogP contribution in [0, 0.1) is 0 Å². The van der Waals surface area contributed by atoms with Gasteiger partial charge in [0.2, 0.25) is 15.9 Å². The second kappa shape index (κ2) is 9.24. The van der Waals surface area contributed by atoms with Gasteiger partial charge in [0.25, 0.3) is 0 Å². The molecule has 8 heteroatoms. The Kier molecular flexibility index (Phi) is 8.02. The van der Waals surface area contributed by atoms with Crippen molar-refractivity contribution < 1.29 is 17.9 Å². The topological polar surface area (TPSA) is 75.7 Å². The lowest BCUT2D eigenvalue weighted by molar-refractivity contribution is -0.116. The van der Waals surface area contributed by atoms with Crippen LogP contribution in [0.1, 0.15) is 12.8 Å². The molecule has 0 atom stereocenters. The summed E-state index contributed by atoms with van der Waals surface area (Å²) in [5, 5.41) is 2.74. The first-order valence-electron chi connectivity index (χ1n) is 6.82. The van der Waals surface area contributed by atoms with Crippen LogP contribution in [-0.4, -0.2) is 51.7 Å². The highest BCUT2D eigenvalue weighted by molar-refractivity contribution is 9.10.